The Morgan fingerprint density at radius 3 is 2.24 bits per heavy atom. The summed E-state index contributed by atoms with van der Waals surface area (Å²) in [7, 11) is 1.99. The first-order chi connectivity index (χ1) is 18.2. The molecular weight excluding hydrogens is 532 g/mol. The number of carbonyl (C=O) groups is 2. The van der Waals surface area contributed by atoms with Crippen LogP contribution in [0.4, 0.5) is 4.39 Å². The molecule has 2 aliphatic rings. The Balaban J connectivity index is 1.64. The van der Waals surface area contributed by atoms with E-state index in [0.29, 0.717) is 54.6 Å². The number of carbonyl (C=O) groups excluding carboxylic acids is 2. The number of aromatic nitrogens is 2. The SMILES string of the molecule is CCc1[nH]n(-c2ccc(Cl)c(Cl)c2)c(=O)c1C1=C(N2CCN(C)CC2)C(=O)N(Cc2ccc(F)cc2)C1=O. The lowest BCUT2D eigenvalue weighted by atomic mass is 10.0. The molecule has 0 unspecified atom stereocenters. The summed E-state index contributed by atoms with van der Waals surface area (Å²) in [6, 6.07) is 10.4. The number of aryl methyl sites for hydroxylation is 1. The number of piperazine rings is 1. The van der Waals surface area contributed by atoms with E-state index in [1.165, 1.54) is 28.9 Å². The van der Waals surface area contributed by atoms with Gasteiger partial charge >= 0.3 is 0 Å². The number of nitrogens with one attached hydrogen (secondary N) is 1. The second-order valence-corrected chi connectivity index (χ2v) is 10.2. The van der Waals surface area contributed by atoms with Gasteiger partial charge in [0.2, 0.25) is 0 Å². The number of aromatic amines is 1. The molecule has 2 aromatic carbocycles. The smallest absolute Gasteiger partial charge is 0.279 e. The van der Waals surface area contributed by atoms with E-state index in [0.717, 1.165) is 4.90 Å². The summed E-state index contributed by atoms with van der Waals surface area (Å²) in [5, 5.41) is 3.72. The van der Waals surface area contributed by atoms with Gasteiger partial charge in [0.15, 0.2) is 0 Å². The molecule has 0 aliphatic carbocycles. The lowest BCUT2D eigenvalue weighted by Crippen LogP contribution is -2.46. The average Bonchev–Trinajstić information content (AvgIpc) is 3.35. The third-order valence-electron chi connectivity index (χ3n) is 6.95. The summed E-state index contributed by atoms with van der Waals surface area (Å²) in [4.78, 5) is 46.7. The van der Waals surface area contributed by atoms with Crippen LogP contribution in [0.1, 0.15) is 23.7 Å². The van der Waals surface area contributed by atoms with Gasteiger partial charge in [-0.3, -0.25) is 24.4 Å². The van der Waals surface area contributed by atoms with E-state index in [2.05, 4.69) is 10.00 Å². The van der Waals surface area contributed by atoms with Gasteiger partial charge in [-0.2, -0.15) is 0 Å². The normalized spacial score (nSPS) is 16.8. The summed E-state index contributed by atoms with van der Waals surface area (Å²) < 4.78 is 14.8. The highest BCUT2D eigenvalue weighted by Crippen LogP contribution is 2.34. The van der Waals surface area contributed by atoms with E-state index < -0.39 is 23.2 Å². The minimum absolute atomic E-state index is 0.0362. The van der Waals surface area contributed by atoms with Gasteiger partial charge in [0, 0.05) is 31.9 Å². The molecule has 2 amide bonds. The van der Waals surface area contributed by atoms with Crippen LogP contribution in [0.5, 0.6) is 0 Å². The van der Waals surface area contributed by atoms with Crippen LogP contribution in [0.25, 0.3) is 11.3 Å². The first-order valence-corrected chi connectivity index (χ1v) is 13.0. The minimum Gasteiger partial charge on any atom is -0.364 e. The van der Waals surface area contributed by atoms with Gasteiger partial charge in [-0.15, -0.1) is 0 Å². The fourth-order valence-electron chi connectivity index (χ4n) is 4.83. The fourth-order valence-corrected chi connectivity index (χ4v) is 5.12. The Morgan fingerprint density at radius 1 is 0.921 bits per heavy atom. The lowest BCUT2D eigenvalue weighted by Gasteiger charge is -2.34. The number of hydrogen-bond donors (Lipinski definition) is 1. The Kier molecular flexibility index (Phi) is 7.17. The number of nitrogens with zero attached hydrogens (tertiary/aromatic N) is 4. The number of hydrogen-bond acceptors (Lipinski definition) is 5. The summed E-state index contributed by atoms with van der Waals surface area (Å²) in [6.07, 6.45) is 0.415. The lowest BCUT2D eigenvalue weighted by molar-refractivity contribution is -0.138. The zero-order valence-electron chi connectivity index (χ0n) is 20.9. The maximum atomic E-state index is 13.9. The molecule has 198 valence electrons. The van der Waals surface area contributed by atoms with Crippen molar-refractivity contribution in [3.63, 3.8) is 0 Å². The van der Waals surface area contributed by atoms with Crippen molar-refractivity contribution in [1.82, 2.24) is 24.5 Å². The second-order valence-electron chi connectivity index (χ2n) is 9.39. The standard InChI is InChI=1S/C27H26Cl2FN5O3/c1-3-21-22(26(37)35(31-21)18-8-9-19(28)20(29)14-18)23-24(33-12-10-32(2)11-13-33)27(38)34(25(23)36)15-16-4-6-17(30)7-5-16/h4-9,14,31H,3,10-13,15H2,1-2H3. The van der Waals surface area contributed by atoms with Crippen molar-refractivity contribution in [1.29, 1.82) is 0 Å². The van der Waals surface area contributed by atoms with Gasteiger partial charge in [-0.25, -0.2) is 9.07 Å². The predicted octanol–water partition coefficient (Wildman–Crippen LogP) is 3.70. The quantitative estimate of drug-likeness (QED) is 0.467. The van der Waals surface area contributed by atoms with Crippen LogP contribution in [-0.4, -0.2) is 69.5 Å². The summed E-state index contributed by atoms with van der Waals surface area (Å²) in [5.74, 6) is -1.43. The Labute approximate surface area is 228 Å². The molecule has 11 heteroatoms. The molecule has 8 nitrogen and oxygen atoms in total. The number of likely N-dealkylation sites (N-methyl/N-ethyl adjacent to an activating group) is 1. The van der Waals surface area contributed by atoms with Crippen molar-refractivity contribution in [2.75, 3.05) is 33.2 Å². The van der Waals surface area contributed by atoms with Crippen molar-refractivity contribution in [2.45, 2.75) is 19.9 Å². The van der Waals surface area contributed by atoms with E-state index in [4.69, 9.17) is 23.2 Å². The van der Waals surface area contributed by atoms with E-state index >= 15 is 0 Å². The third-order valence-corrected chi connectivity index (χ3v) is 7.69. The Morgan fingerprint density at radius 2 is 1.61 bits per heavy atom. The molecule has 5 rings (SSSR count). The molecule has 2 aliphatic heterocycles. The van der Waals surface area contributed by atoms with Crippen molar-refractivity contribution in [2.24, 2.45) is 0 Å². The predicted molar refractivity (Wildman–Crippen MR) is 144 cm³/mol. The van der Waals surface area contributed by atoms with Gasteiger partial charge in [0.1, 0.15) is 11.5 Å². The van der Waals surface area contributed by atoms with Crippen molar-refractivity contribution >= 4 is 40.6 Å². The van der Waals surface area contributed by atoms with Gasteiger partial charge < -0.3 is 9.80 Å². The Bertz CT molecular complexity index is 1500. The fraction of sp³-hybridized carbons (Fsp3) is 0.296. The maximum absolute atomic E-state index is 13.9. The molecule has 0 atom stereocenters. The van der Waals surface area contributed by atoms with Crippen LogP contribution in [-0.2, 0) is 22.6 Å². The van der Waals surface area contributed by atoms with Crippen LogP contribution in [0, 0.1) is 5.82 Å². The summed E-state index contributed by atoms with van der Waals surface area (Å²) >= 11 is 12.3. The minimum atomic E-state index is -0.555. The molecule has 3 heterocycles. The highest BCUT2D eigenvalue weighted by Gasteiger charge is 2.44. The van der Waals surface area contributed by atoms with Gasteiger partial charge in [-0.1, -0.05) is 42.3 Å². The molecule has 38 heavy (non-hydrogen) atoms. The van der Waals surface area contributed by atoms with E-state index in [9.17, 15) is 18.8 Å². The number of halogens is 3. The topological polar surface area (TPSA) is 81.7 Å². The van der Waals surface area contributed by atoms with Crippen LogP contribution in [0.2, 0.25) is 10.0 Å². The summed E-state index contributed by atoms with van der Waals surface area (Å²) in [6.45, 7) is 4.30. The first kappa shape index (κ1) is 26.2. The van der Waals surface area contributed by atoms with E-state index in [1.54, 1.807) is 18.2 Å². The number of H-pyrrole nitrogens is 1. The van der Waals surface area contributed by atoms with Gasteiger partial charge in [-0.05, 0) is 49.4 Å². The number of rotatable bonds is 6. The molecule has 0 spiro atoms. The molecule has 0 radical (unpaired) electrons. The van der Waals surface area contributed by atoms with Crippen LogP contribution in [0.15, 0.2) is 53.0 Å². The molecule has 1 fully saturated rings. The molecule has 0 bridgehead atoms. The number of benzene rings is 2. The van der Waals surface area contributed by atoms with Crippen molar-refractivity contribution < 1.29 is 14.0 Å². The zero-order valence-corrected chi connectivity index (χ0v) is 22.4. The summed E-state index contributed by atoms with van der Waals surface area (Å²) in [5.41, 5.74) is 1.57. The van der Waals surface area contributed by atoms with Crippen molar-refractivity contribution in [3.05, 3.63) is 91.2 Å². The van der Waals surface area contributed by atoms with Gasteiger partial charge in [0.05, 0.1) is 33.4 Å². The molecular formula is C27H26Cl2FN5O3. The zero-order chi connectivity index (χ0) is 27.1. The first-order valence-electron chi connectivity index (χ1n) is 12.3. The molecule has 3 aromatic rings. The molecule has 0 saturated carbocycles. The largest absolute Gasteiger partial charge is 0.364 e. The molecule has 1 saturated heterocycles. The number of amides is 2. The van der Waals surface area contributed by atoms with E-state index in [1.807, 2.05) is 18.9 Å². The monoisotopic (exact) mass is 557 g/mol. The van der Waals surface area contributed by atoms with E-state index in [-0.39, 0.29) is 28.4 Å². The highest BCUT2D eigenvalue weighted by atomic mass is 35.5. The molecule has 1 N–H and O–H groups in total. The Hall–Kier alpha value is -3.40. The maximum Gasteiger partial charge on any atom is 0.279 e. The van der Waals surface area contributed by atoms with Crippen LogP contribution < -0.4 is 5.56 Å². The van der Waals surface area contributed by atoms with Crippen molar-refractivity contribution in [3.8, 4) is 5.69 Å². The van der Waals surface area contributed by atoms with Gasteiger partial charge in [0.25, 0.3) is 17.4 Å². The highest BCUT2D eigenvalue weighted by molar-refractivity contribution is 6.42. The average molecular weight is 558 g/mol. The van der Waals surface area contributed by atoms with Crippen LogP contribution in [0.3, 0.4) is 0 Å². The molecule has 1 aromatic heterocycles. The second kappa shape index (κ2) is 10.4. The van der Waals surface area contributed by atoms with Crippen LogP contribution >= 0.6 is 23.2 Å². The third kappa shape index (κ3) is 4.66. The number of imide groups is 1.